The summed E-state index contributed by atoms with van der Waals surface area (Å²) < 4.78 is 0. The monoisotopic (exact) mass is 321 g/mol. The predicted octanol–water partition coefficient (Wildman–Crippen LogP) is 4.84. The van der Waals surface area contributed by atoms with Crippen LogP contribution in [0.15, 0.2) is 42.5 Å². The van der Waals surface area contributed by atoms with Gasteiger partial charge in [-0.1, -0.05) is 50.2 Å². The number of anilines is 1. The van der Waals surface area contributed by atoms with Crippen LogP contribution in [0.4, 0.5) is 5.82 Å². The Morgan fingerprint density at radius 2 is 1.79 bits per heavy atom. The zero-order chi connectivity index (χ0) is 16.9. The van der Waals surface area contributed by atoms with Crippen molar-refractivity contribution in [1.29, 1.82) is 0 Å². The van der Waals surface area contributed by atoms with Crippen molar-refractivity contribution in [1.82, 2.24) is 9.88 Å². The molecule has 0 unspecified atom stereocenters. The third-order valence-corrected chi connectivity index (χ3v) is 4.76. The summed E-state index contributed by atoms with van der Waals surface area (Å²) in [4.78, 5) is 7.35. The van der Waals surface area contributed by atoms with E-state index in [1.54, 1.807) is 0 Å². The third-order valence-electron chi connectivity index (χ3n) is 4.76. The molecular formula is C21H27N3. The van der Waals surface area contributed by atoms with Crippen LogP contribution in [-0.2, 0) is 0 Å². The molecule has 0 aliphatic rings. The summed E-state index contributed by atoms with van der Waals surface area (Å²) in [6, 6.07) is 15.0. The van der Waals surface area contributed by atoms with Crippen molar-refractivity contribution in [2.45, 2.75) is 27.2 Å². The van der Waals surface area contributed by atoms with E-state index in [4.69, 9.17) is 4.98 Å². The molecule has 126 valence electrons. The molecule has 2 aromatic carbocycles. The molecule has 1 heterocycles. The molecular weight excluding hydrogens is 294 g/mol. The Kier molecular flexibility index (Phi) is 5.31. The maximum absolute atomic E-state index is 4.90. The highest BCUT2D eigenvalue weighted by molar-refractivity contribution is 6.06. The first-order valence-corrected chi connectivity index (χ1v) is 8.98. The van der Waals surface area contributed by atoms with Gasteiger partial charge in [-0.3, -0.25) is 0 Å². The highest BCUT2D eigenvalue weighted by atomic mass is 15.1. The molecule has 3 aromatic rings. The number of fused-ring (bicyclic) bond motifs is 3. The number of aryl methyl sites for hydroxylation is 1. The van der Waals surface area contributed by atoms with Crippen LogP contribution in [0.2, 0.25) is 0 Å². The van der Waals surface area contributed by atoms with Crippen molar-refractivity contribution >= 4 is 27.5 Å². The van der Waals surface area contributed by atoms with Gasteiger partial charge in [0.25, 0.3) is 0 Å². The van der Waals surface area contributed by atoms with Gasteiger partial charge in [-0.2, -0.15) is 0 Å². The topological polar surface area (TPSA) is 28.2 Å². The lowest BCUT2D eigenvalue weighted by molar-refractivity contribution is 0.303. The van der Waals surface area contributed by atoms with Gasteiger partial charge >= 0.3 is 0 Å². The van der Waals surface area contributed by atoms with Gasteiger partial charge in [0.1, 0.15) is 5.82 Å². The second kappa shape index (κ2) is 7.63. The lowest BCUT2D eigenvalue weighted by atomic mass is 10.0. The standard InChI is InChI=1S/C21H27N3/c1-4-24(5-2)14-8-13-22-20-15-16(3)18-12-11-17-9-6-7-10-19(17)21(18)23-20/h6-7,9-12,15H,4-5,8,13-14H2,1-3H3,(H,22,23). The van der Waals surface area contributed by atoms with Crippen LogP contribution in [0.25, 0.3) is 21.7 Å². The normalized spacial score (nSPS) is 11.5. The maximum Gasteiger partial charge on any atom is 0.126 e. The van der Waals surface area contributed by atoms with Gasteiger partial charge in [0.05, 0.1) is 5.52 Å². The molecule has 3 heteroatoms. The molecule has 0 spiro atoms. The predicted molar refractivity (Wildman–Crippen MR) is 105 cm³/mol. The summed E-state index contributed by atoms with van der Waals surface area (Å²) in [5.41, 5.74) is 2.37. The molecule has 0 saturated heterocycles. The van der Waals surface area contributed by atoms with Gasteiger partial charge in [-0.25, -0.2) is 4.98 Å². The van der Waals surface area contributed by atoms with Crippen molar-refractivity contribution in [3.63, 3.8) is 0 Å². The first-order valence-electron chi connectivity index (χ1n) is 8.98. The molecule has 0 atom stereocenters. The minimum Gasteiger partial charge on any atom is -0.370 e. The SMILES string of the molecule is CCN(CC)CCCNc1cc(C)c2ccc3ccccc3c2n1. The highest BCUT2D eigenvalue weighted by Crippen LogP contribution is 2.27. The molecule has 0 amide bonds. The quantitative estimate of drug-likeness (QED) is 0.498. The minimum atomic E-state index is 0.958. The van der Waals surface area contributed by atoms with Crippen LogP contribution >= 0.6 is 0 Å². The molecule has 0 aliphatic heterocycles. The van der Waals surface area contributed by atoms with Crippen molar-refractivity contribution in [3.05, 3.63) is 48.0 Å². The summed E-state index contributed by atoms with van der Waals surface area (Å²) >= 11 is 0. The van der Waals surface area contributed by atoms with Gasteiger partial charge in [0.2, 0.25) is 0 Å². The number of rotatable bonds is 7. The molecule has 1 aromatic heterocycles. The van der Waals surface area contributed by atoms with Gasteiger partial charge < -0.3 is 10.2 Å². The molecule has 3 nitrogen and oxygen atoms in total. The van der Waals surface area contributed by atoms with Crippen molar-refractivity contribution in [2.24, 2.45) is 0 Å². The largest absolute Gasteiger partial charge is 0.370 e. The Hall–Kier alpha value is -2.13. The van der Waals surface area contributed by atoms with E-state index >= 15 is 0 Å². The summed E-state index contributed by atoms with van der Waals surface area (Å²) in [6.07, 6.45) is 1.13. The molecule has 0 bridgehead atoms. The Morgan fingerprint density at radius 1 is 1.00 bits per heavy atom. The van der Waals surface area contributed by atoms with Crippen molar-refractivity contribution < 1.29 is 0 Å². The van der Waals surface area contributed by atoms with Gasteiger partial charge in [-0.05, 0) is 50.0 Å². The number of hydrogen-bond donors (Lipinski definition) is 1. The Bertz CT molecular complexity index is 822. The summed E-state index contributed by atoms with van der Waals surface area (Å²) in [5.74, 6) is 0.982. The molecule has 0 saturated carbocycles. The summed E-state index contributed by atoms with van der Waals surface area (Å²) in [5, 5.41) is 7.22. The smallest absolute Gasteiger partial charge is 0.126 e. The number of nitrogens with one attached hydrogen (secondary N) is 1. The molecule has 3 rings (SSSR count). The second-order valence-corrected chi connectivity index (χ2v) is 6.31. The first kappa shape index (κ1) is 16.7. The maximum atomic E-state index is 4.90. The van der Waals surface area contributed by atoms with E-state index in [9.17, 15) is 0 Å². The van der Waals surface area contributed by atoms with E-state index in [1.807, 2.05) is 0 Å². The molecule has 0 aliphatic carbocycles. The van der Waals surface area contributed by atoms with Gasteiger partial charge in [0.15, 0.2) is 0 Å². The number of pyridine rings is 1. The molecule has 0 radical (unpaired) electrons. The third kappa shape index (κ3) is 3.51. The van der Waals surface area contributed by atoms with E-state index in [2.05, 4.69) is 73.5 Å². The Balaban J connectivity index is 1.80. The average Bonchev–Trinajstić information content (AvgIpc) is 2.62. The summed E-state index contributed by atoms with van der Waals surface area (Å²) in [6.45, 7) is 10.9. The van der Waals surface area contributed by atoms with Crippen LogP contribution in [0.3, 0.4) is 0 Å². The second-order valence-electron chi connectivity index (χ2n) is 6.31. The summed E-state index contributed by atoms with van der Waals surface area (Å²) in [7, 11) is 0. The zero-order valence-electron chi connectivity index (χ0n) is 15.0. The first-order chi connectivity index (χ1) is 11.7. The van der Waals surface area contributed by atoms with E-state index in [-0.39, 0.29) is 0 Å². The number of benzene rings is 2. The minimum absolute atomic E-state index is 0.958. The van der Waals surface area contributed by atoms with Crippen LogP contribution in [0, 0.1) is 6.92 Å². The van der Waals surface area contributed by atoms with Crippen LogP contribution in [0.1, 0.15) is 25.8 Å². The Labute approximate surface area is 144 Å². The van der Waals surface area contributed by atoms with Gasteiger partial charge in [0, 0.05) is 17.3 Å². The fraction of sp³-hybridized carbons (Fsp3) is 0.381. The van der Waals surface area contributed by atoms with Gasteiger partial charge in [-0.15, -0.1) is 0 Å². The van der Waals surface area contributed by atoms with E-state index in [0.29, 0.717) is 0 Å². The van der Waals surface area contributed by atoms with Crippen LogP contribution in [0.5, 0.6) is 0 Å². The molecule has 0 fully saturated rings. The lowest BCUT2D eigenvalue weighted by Crippen LogP contribution is -2.25. The van der Waals surface area contributed by atoms with E-state index in [0.717, 1.165) is 43.9 Å². The van der Waals surface area contributed by atoms with Crippen molar-refractivity contribution in [2.75, 3.05) is 31.5 Å². The number of aromatic nitrogens is 1. The van der Waals surface area contributed by atoms with Crippen molar-refractivity contribution in [3.8, 4) is 0 Å². The molecule has 1 N–H and O–H groups in total. The Morgan fingerprint density at radius 3 is 2.58 bits per heavy atom. The fourth-order valence-corrected chi connectivity index (χ4v) is 3.28. The van der Waals surface area contributed by atoms with E-state index in [1.165, 1.54) is 21.7 Å². The highest BCUT2D eigenvalue weighted by Gasteiger charge is 2.06. The molecule has 24 heavy (non-hydrogen) atoms. The zero-order valence-corrected chi connectivity index (χ0v) is 15.0. The average molecular weight is 321 g/mol. The number of hydrogen-bond acceptors (Lipinski definition) is 3. The van der Waals surface area contributed by atoms with Crippen LogP contribution < -0.4 is 5.32 Å². The van der Waals surface area contributed by atoms with Crippen LogP contribution in [-0.4, -0.2) is 36.1 Å². The fourth-order valence-electron chi connectivity index (χ4n) is 3.28. The van der Waals surface area contributed by atoms with E-state index < -0.39 is 0 Å². The lowest BCUT2D eigenvalue weighted by Gasteiger charge is -2.18. The number of nitrogens with zero attached hydrogens (tertiary/aromatic N) is 2.